The van der Waals surface area contributed by atoms with Crippen molar-refractivity contribution in [3.05, 3.63) is 164 Å². The molecule has 0 atom stereocenters. The van der Waals surface area contributed by atoms with E-state index in [0.717, 1.165) is 44.4 Å². The Labute approximate surface area is 295 Å². The lowest BCUT2D eigenvalue weighted by atomic mass is 9.99. The maximum absolute atomic E-state index is 6.66. The van der Waals surface area contributed by atoms with Crippen molar-refractivity contribution in [3.8, 4) is 11.1 Å². The molecule has 11 rings (SSSR count). The molecule has 0 aliphatic heterocycles. The number of hydrogen-bond acceptors (Lipinski definition) is 4. The van der Waals surface area contributed by atoms with E-state index < -0.39 is 0 Å². The Morgan fingerprint density at radius 2 is 1.08 bits per heavy atom. The highest BCUT2D eigenvalue weighted by atomic mass is 32.1. The van der Waals surface area contributed by atoms with Crippen LogP contribution in [0.3, 0.4) is 0 Å². The van der Waals surface area contributed by atoms with E-state index in [1.54, 1.807) is 0 Å². The van der Waals surface area contributed by atoms with Gasteiger partial charge in [-0.25, -0.2) is 0 Å². The van der Waals surface area contributed by atoms with E-state index >= 15 is 0 Å². The molecule has 0 saturated heterocycles. The van der Waals surface area contributed by atoms with Gasteiger partial charge in [0, 0.05) is 62.5 Å². The first-order chi connectivity index (χ1) is 24.8. The summed E-state index contributed by atoms with van der Waals surface area (Å²) in [4.78, 5) is 2.40. The summed E-state index contributed by atoms with van der Waals surface area (Å²) in [5.41, 5.74) is 7.59. The molecule has 11 aromatic rings. The van der Waals surface area contributed by atoms with Gasteiger partial charge in [0.15, 0.2) is 0 Å². The van der Waals surface area contributed by atoms with Crippen LogP contribution in [0.25, 0.3) is 84.2 Å². The maximum atomic E-state index is 6.66. The first-order valence-corrected chi connectivity index (χ1v) is 18.5. The minimum absolute atomic E-state index is 0.884. The highest BCUT2D eigenvalue weighted by Crippen LogP contribution is 2.47. The number of anilines is 3. The smallest absolute Gasteiger partial charge is 0.143 e. The van der Waals surface area contributed by atoms with Gasteiger partial charge in [0.05, 0.1) is 11.1 Å². The first-order valence-electron chi connectivity index (χ1n) is 16.8. The van der Waals surface area contributed by atoms with Crippen LogP contribution in [0.2, 0.25) is 0 Å². The molecule has 50 heavy (non-hydrogen) atoms. The predicted octanol–water partition coefficient (Wildman–Crippen LogP) is 14.6. The molecule has 8 aromatic carbocycles. The van der Waals surface area contributed by atoms with Crippen molar-refractivity contribution < 1.29 is 4.42 Å². The van der Waals surface area contributed by atoms with E-state index in [-0.39, 0.29) is 0 Å². The number of thiophene rings is 2. The van der Waals surface area contributed by atoms with Crippen LogP contribution in [0, 0.1) is 0 Å². The quantitative estimate of drug-likeness (QED) is 0.185. The lowest BCUT2D eigenvalue weighted by Crippen LogP contribution is -2.10. The molecular formula is C46H27NOS2. The molecule has 0 aliphatic rings. The Morgan fingerprint density at radius 1 is 0.420 bits per heavy atom. The van der Waals surface area contributed by atoms with Gasteiger partial charge in [-0.2, -0.15) is 0 Å². The van der Waals surface area contributed by atoms with Crippen molar-refractivity contribution in [1.82, 2.24) is 0 Å². The van der Waals surface area contributed by atoms with Crippen molar-refractivity contribution in [2.45, 2.75) is 0 Å². The molecule has 0 amide bonds. The number of fused-ring (bicyclic) bond motifs is 11. The Bertz CT molecular complexity index is 3110. The van der Waals surface area contributed by atoms with Crippen molar-refractivity contribution in [2.24, 2.45) is 0 Å². The lowest BCUT2D eigenvalue weighted by Gasteiger charge is -2.26. The second kappa shape index (κ2) is 10.8. The van der Waals surface area contributed by atoms with Crippen LogP contribution in [-0.4, -0.2) is 0 Å². The van der Waals surface area contributed by atoms with Gasteiger partial charge in [-0.3, -0.25) is 0 Å². The largest absolute Gasteiger partial charge is 0.455 e. The summed E-state index contributed by atoms with van der Waals surface area (Å²) >= 11 is 3.71. The van der Waals surface area contributed by atoms with Crippen LogP contribution in [0.4, 0.5) is 17.1 Å². The number of hydrogen-bond donors (Lipinski definition) is 0. The van der Waals surface area contributed by atoms with Crippen molar-refractivity contribution in [3.63, 3.8) is 0 Å². The summed E-state index contributed by atoms with van der Waals surface area (Å²) in [7, 11) is 0. The normalized spacial score (nSPS) is 12.0. The Balaban J connectivity index is 1.14. The fourth-order valence-electron chi connectivity index (χ4n) is 7.81. The summed E-state index contributed by atoms with van der Waals surface area (Å²) in [5.74, 6) is 0. The van der Waals surface area contributed by atoms with Gasteiger partial charge in [-0.15, -0.1) is 22.7 Å². The van der Waals surface area contributed by atoms with Crippen LogP contribution in [0.1, 0.15) is 0 Å². The molecule has 0 bridgehead atoms. The molecule has 0 N–H and O–H groups in total. The van der Waals surface area contributed by atoms with E-state index in [2.05, 4.69) is 169 Å². The number of rotatable bonds is 4. The minimum atomic E-state index is 0.884. The first kappa shape index (κ1) is 28.0. The van der Waals surface area contributed by atoms with E-state index in [1.165, 1.54) is 56.9 Å². The molecule has 0 spiro atoms. The molecule has 0 saturated carbocycles. The van der Waals surface area contributed by atoms with Gasteiger partial charge in [-0.05, 0) is 77.2 Å². The number of benzene rings is 8. The fourth-order valence-corrected chi connectivity index (χ4v) is 10.1. The zero-order valence-electron chi connectivity index (χ0n) is 26.8. The van der Waals surface area contributed by atoms with Gasteiger partial charge in [-0.1, -0.05) is 103 Å². The summed E-state index contributed by atoms with van der Waals surface area (Å²) in [5, 5.41) is 9.78. The van der Waals surface area contributed by atoms with Crippen molar-refractivity contribution in [1.29, 1.82) is 0 Å². The molecule has 0 aliphatic carbocycles. The van der Waals surface area contributed by atoms with Crippen LogP contribution in [-0.2, 0) is 0 Å². The van der Waals surface area contributed by atoms with Crippen LogP contribution >= 0.6 is 22.7 Å². The van der Waals surface area contributed by atoms with E-state index in [9.17, 15) is 0 Å². The molecule has 3 heterocycles. The third kappa shape index (κ3) is 4.13. The van der Waals surface area contributed by atoms with Crippen molar-refractivity contribution >= 4 is 113 Å². The Hall–Kier alpha value is -5.94. The average molecular weight is 674 g/mol. The van der Waals surface area contributed by atoms with Gasteiger partial charge < -0.3 is 9.32 Å². The van der Waals surface area contributed by atoms with E-state index in [4.69, 9.17) is 4.42 Å². The zero-order valence-corrected chi connectivity index (χ0v) is 28.4. The van der Waals surface area contributed by atoms with Crippen LogP contribution in [0.5, 0.6) is 0 Å². The lowest BCUT2D eigenvalue weighted by molar-refractivity contribution is 0.672. The van der Waals surface area contributed by atoms with E-state index in [1.807, 2.05) is 22.7 Å². The summed E-state index contributed by atoms with van der Waals surface area (Å²) in [6.07, 6.45) is 0. The zero-order chi connectivity index (χ0) is 32.8. The Morgan fingerprint density at radius 3 is 1.96 bits per heavy atom. The van der Waals surface area contributed by atoms with Gasteiger partial charge in [0.25, 0.3) is 0 Å². The average Bonchev–Trinajstić information content (AvgIpc) is 3.87. The molecule has 0 radical (unpaired) electrons. The third-order valence-corrected chi connectivity index (χ3v) is 12.3. The van der Waals surface area contributed by atoms with Gasteiger partial charge in [0.2, 0.25) is 0 Å². The fraction of sp³-hybridized carbons (Fsp3) is 0. The number of nitrogens with zero attached hydrogens (tertiary/aromatic N) is 1. The molecule has 4 heteroatoms. The predicted molar refractivity (Wildman–Crippen MR) is 217 cm³/mol. The third-order valence-electron chi connectivity index (χ3n) is 10.1. The SMILES string of the molecule is c1ccc2c(c1)ccc1c2oc2cccc(N(c3ccc(-c4cccc5sc6ccccc6c45)cc3)c3ccc4c(c3)sc3ccccc34)c21. The molecule has 0 fully saturated rings. The summed E-state index contributed by atoms with van der Waals surface area (Å²) in [6, 6.07) is 59.5. The van der Waals surface area contributed by atoms with Crippen LogP contribution in [0.15, 0.2) is 168 Å². The summed E-state index contributed by atoms with van der Waals surface area (Å²) < 4.78 is 11.9. The molecule has 3 aromatic heterocycles. The molecule has 2 nitrogen and oxygen atoms in total. The topological polar surface area (TPSA) is 16.4 Å². The van der Waals surface area contributed by atoms with Crippen LogP contribution < -0.4 is 4.90 Å². The monoisotopic (exact) mass is 673 g/mol. The molecule has 234 valence electrons. The maximum Gasteiger partial charge on any atom is 0.143 e. The second-order valence-corrected chi connectivity index (χ2v) is 15.0. The molecule has 0 unspecified atom stereocenters. The van der Waals surface area contributed by atoms with Gasteiger partial charge >= 0.3 is 0 Å². The standard InChI is InChI=1S/C46H27NOS2/c1-2-10-33-28(9-1)21-25-37-45-38(14-8-15-39(45)48-46(33)37)47(31-24-26-35-34-11-3-5-16-40(34)50-43(35)27-31)30-22-19-29(20-23-30)32-13-7-18-42-44(32)36-12-4-6-17-41(36)49-42/h1-27H. The Kier molecular flexibility index (Phi) is 6.03. The van der Waals surface area contributed by atoms with E-state index in [0.29, 0.717) is 0 Å². The van der Waals surface area contributed by atoms with Gasteiger partial charge in [0.1, 0.15) is 11.2 Å². The highest BCUT2D eigenvalue weighted by Gasteiger charge is 2.21. The second-order valence-electron chi connectivity index (χ2n) is 12.9. The van der Waals surface area contributed by atoms with Crippen molar-refractivity contribution in [2.75, 3.05) is 4.90 Å². The number of furan rings is 1. The highest BCUT2D eigenvalue weighted by molar-refractivity contribution is 7.26. The molecular weight excluding hydrogens is 647 g/mol. The summed E-state index contributed by atoms with van der Waals surface area (Å²) in [6.45, 7) is 0. The minimum Gasteiger partial charge on any atom is -0.455 e.